The minimum absolute atomic E-state index is 0.175. The number of amides is 3. The molecular formula is C11H10N4O2. The molecule has 1 aromatic carbocycles. The topological polar surface area (TPSA) is 94.0 Å². The van der Waals surface area contributed by atoms with Gasteiger partial charge in [-0.25, -0.2) is 4.79 Å². The SMILES string of the molecule is N#CCC(=O)Nc1ccc2c(c1)CNC(=O)N2. The summed E-state index contributed by atoms with van der Waals surface area (Å²) >= 11 is 0. The fourth-order valence-corrected chi connectivity index (χ4v) is 1.56. The zero-order chi connectivity index (χ0) is 12.3. The first-order valence-corrected chi connectivity index (χ1v) is 5.03. The minimum Gasteiger partial charge on any atom is -0.334 e. The number of nitriles is 1. The molecule has 6 nitrogen and oxygen atoms in total. The van der Waals surface area contributed by atoms with Crippen LogP contribution in [0.25, 0.3) is 0 Å². The lowest BCUT2D eigenvalue weighted by molar-refractivity contribution is -0.115. The predicted octanol–water partition coefficient (Wildman–Crippen LogP) is 1.17. The number of rotatable bonds is 2. The molecule has 1 aromatic rings. The number of carbonyl (C=O) groups excluding carboxylic acids is 2. The van der Waals surface area contributed by atoms with Gasteiger partial charge in [0.1, 0.15) is 6.42 Å². The van der Waals surface area contributed by atoms with Crippen molar-refractivity contribution in [3.05, 3.63) is 23.8 Å². The number of carbonyl (C=O) groups is 2. The van der Waals surface area contributed by atoms with Crippen LogP contribution in [0.3, 0.4) is 0 Å². The average molecular weight is 230 g/mol. The molecule has 0 bridgehead atoms. The van der Waals surface area contributed by atoms with Crippen molar-refractivity contribution in [1.29, 1.82) is 5.26 Å². The zero-order valence-electron chi connectivity index (χ0n) is 8.91. The van der Waals surface area contributed by atoms with Gasteiger partial charge >= 0.3 is 6.03 Å². The lowest BCUT2D eigenvalue weighted by Crippen LogP contribution is -2.33. The molecule has 2 rings (SSSR count). The number of urea groups is 1. The van der Waals surface area contributed by atoms with Crippen LogP contribution < -0.4 is 16.0 Å². The maximum atomic E-state index is 11.2. The van der Waals surface area contributed by atoms with Crippen LogP contribution in [0.1, 0.15) is 12.0 Å². The van der Waals surface area contributed by atoms with Crippen molar-refractivity contribution in [2.75, 3.05) is 10.6 Å². The van der Waals surface area contributed by atoms with Gasteiger partial charge in [0.05, 0.1) is 6.07 Å². The normalized spacial score (nSPS) is 12.8. The highest BCUT2D eigenvalue weighted by Crippen LogP contribution is 2.22. The lowest BCUT2D eigenvalue weighted by Gasteiger charge is -2.18. The van der Waals surface area contributed by atoms with Gasteiger partial charge < -0.3 is 16.0 Å². The number of fused-ring (bicyclic) bond motifs is 1. The van der Waals surface area contributed by atoms with E-state index in [4.69, 9.17) is 5.26 Å². The van der Waals surface area contributed by atoms with Gasteiger partial charge in [0.2, 0.25) is 5.91 Å². The molecule has 0 unspecified atom stereocenters. The van der Waals surface area contributed by atoms with Gasteiger partial charge in [-0.3, -0.25) is 4.79 Å². The third-order valence-electron chi connectivity index (χ3n) is 2.32. The maximum Gasteiger partial charge on any atom is 0.319 e. The van der Waals surface area contributed by atoms with E-state index in [1.165, 1.54) is 0 Å². The third-order valence-corrected chi connectivity index (χ3v) is 2.32. The maximum absolute atomic E-state index is 11.2. The molecular weight excluding hydrogens is 220 g/mol. The van der Waals surface area contributed by atoms with E-state index in [1.807, 2.05) is 0 Å². The molecule has 3 amide bonds. The van der Waals surface area contributed by atoms with Crippen LogP contribution in [0.5, 0.6) is 0 Å². The molecule has 1 heterocycles. The van der Waals surface area contributed by atoms with Gasteiger partial charge in [0, 0.05) is 17.9 Å². The van der Waals surface area contributed by atoms with E-state index in [1.54, 1.807) is 24.3 Å². The molecule has 0 saturated heterocycles. The average Bonchev–Trinajstić information content (AvgIpc) is 2.29. The van der Waals surface area contributed by atoms with Gasteiger partial charge in [-0.05, 0) is 23.8 Å². The van der Waals surface area contributed by atoms with E-state index in [0.29, 0.717) is 12.2 Å². The summed E-state index contributed by atoms with van der Waals surface area (Å²) < 4.78 is 0. The molecule has 17 heavy (non-hydrogen) atoms. The van der Waals surface area contributed by atoms with Crippen LogP contribution in [-0.4, -0.2) is 11.9 Å². The number of hydrogen-bond donors (Lipinski definition) is 3. The number of benzene rings is 1. The standard InChI is InChI=1S/C11H10N4O2/c12-4-3-10(16)14-8-1-2-9-7(5-8)6-13-11(17)15-9/h1-2,5H,3,6H2,(H,14,16)(H2,13,15,17). The van der Waals surface area contributed by atoms with Crippen molar-refractivity contribution in [2.24, 2.45) is 0 Å². The van der Waals surface area contributed by atoms with Crippen molar-refractivity contribution in [2.45, 2.75) is 13.0 Å². The van der Waals surface area contributed by atoms with Gasteiger partial charge in [-0.15, -0.1) is 0 Å². The van der Waals surface area contributed by atoms with E-state index >= 15 is 0 Å². The number of anilines is 2. The van der Waals surface area contributed by atoms with E-state index in [9.17, 15) is 9.59 Å². The van der Waals surface area contributed by atoms with E-state index in [0.717, 1.165) is 11.3 Å². The van der Waals surface area contributed by atoms with E-state index in [2.05, 4.69) is 16.0 Å². The largest absolute Gasteiger partial charge is 0.334 e. The Labute approximate surface area is 97.6 Å². The lowest BCUT2D eigenvalue weighted by atomic mass is 10.1. The first-order chi connectivity index (χ1) is 8.19. The molecule has 0 spiro atoms. The molecule has 86 valence electrons. The third kappa shape index (κ3) is 2.52. The molecule has 1 aliphatic heterocycles. The summed E-state index contributed by atoms with van der Waals surface area (Å²) in [6.07, 6.45) is -0.175. The van der Waals surface area contributed by atoms with Crippen molar-refractivity contribution < 1.29 is 9.59 Å². The van der Waals surface area contributed by atoms with Gasteiger partial charge in [-0.2, -0.15) is 5.26 Å². The summed E-state index contributed by atoms with van der Waals surface area (Å²) in [5, 5.41) is 16.2. The molecule has 0 aliphatic carbocycles. The molecule has 0 fully saturated rings. The Kier molecular flexibility index (Phi) is 2.92. The van der Waals surface area contributed by atoms with Crippen molar-refractivity contribution in [3.8, 4) is 6.07 Å². The summed E-state index contributed by atoms with van der Waals surface area (Å²) in [7, 11) is 0. The van der Waals surface area contributed by atoms with Crippen molar-refractivity contribution >= 4 is 23.3 Å². The highest BCUT2D eigenvalue weighted by atomic mass is 16.2. The van der Waals surface area contributed by atoms with Crippen LogP contribution in [0.15, 0.2) is 18.2 Å². The number of nitrogens with zero attached hydrogens (tertiary/aromatic N) is 1. The first kappa shape index (κ1) is 11.0. The first-order valence-electron chi connectivity index (χ1n) is 5.03. The molecule has 0 radical (unpaired) electrons. The number of hydrogen-bond acceptors (Lipinski definition) is 3. The Morgan fingerprint density at radius 1 is 1.53 bits per heavy atom. The second-order valence-corrected chi connectivity index (χ2v) is 3.56. The van der Waals surface area contributed by atoms with E-state index < -0.39 is 0 Å². The highest BCUT2D eigenvalue weighted by molar-refractivity contribution is 5.95. The summed E-state index contributed by atoms with van der Waals surface area (Å²) in [4.78, 5) is 22.3. The van der Waals surface area contributed by atoms with Gasteiger partial charge in [0.15, 0.2) is 0 Å². The van der Waals surface area contributed by atoms with Crippen molar-refractivity contribution in [1.82, 2.24) is 5.32 Å². The molecule has 6 heteroatoms. The Bertz CT molecular complexity index is 519. The smallest absolute Gasteiger partial charge is 0.319 e. The van der Waals surface area contributed by atoms with Crippen LogP contribution in [0.2, 0.25) is 0 Å². The van der Waals surface area contributed by atoms with Gasteiger partial charge in [-0.1, -0.05) is 0 Å². The van der Waals surface area contributed by atoms with Crippen LogP contribution in [-0.2, 0) is 11.3 Å². The second kappa shape index (κ2) is 4.53. The second-order valence-electron chi connectivity index (χ2n) is 3.56. The highest BCUT2D eigenvalue weighted by Gasteiger charge is 2.14. The fraction of sp³-hybridized carbons (Fsp3) is 0.182. The zero-order valence-corrected chi connectivity index (χ0v) is 8.91. The van der Waals surface area contributed by atoms with E-state index in [-0.39, 0.29) is 18.4 Å². The summed E-state index contributed by atoms with van der Waals surface area (Å²) in [6.45, 7) is 0.420. The Balaban J connectivity index is 2.14. The fourth-order valence-electron chi connectivity index (χ4n) is 1.56. The molecule has 0 aromatic heterocycles. The summed E-state index contributed by atoms with van der Waals surface area (Å²) in [6, 6.07) is 6.70. The van der Waals surface area contributed by atoms with Crippen LogP contribution >= 0.6 is 0 Å². The molecule has 0 saturated carbocycles. The molecule has 3 N–H and O–H groups in total. The predicted molar refractivity (Wildman–Crippen MR) is 61.2 cm³/mol. The Morgan fingerprint density at radius 2 is 2.35 bits per heavy atom. The van der Waals surface area contributed by atoms with Crippen LogP contribution in [0.4, 0.5) is 16.2 Å². The minimum atomic E-state index is -0.347. The monoisotopic (exact) mass is 230 g/mol. The van der Waals surface area contributed by atoms with Crippen LogP contribution in [0, 0.1) is 11.3 Å². The summed E-state index contributed by atoms with van der Waals surface area (Å²) in [5.41, 5.74) is 2.23. The Morgan fingerprint density at radius 3 is 3.12 bits per heavy atom. The van der Waals surface area contributed by atoms with Crippen molar-refractivity contribution in [3.63, 3.8) is 0 Å². The Hall–Kier alpha value is -2.55. The molecule has 1 aliphatic rings. The molecule has 0 atom stereocenters. The quantitative estimate of drug-likeness (QED) is 0.711. The summed E-state index contributed by atoms with van der Waals surface area (Å²) in [5.74, 6) is -0.347. The van der Waals surface area contributed by atoms with Gasteiger partial charge in [0.25, 0.3) is 0 Å². The number of nitrogens with one attached hydrogen (secondary N) is 3.